The summed E-state index contributed by atoms with van der Waals surface area (Å²) >= 11 is 0. The number of allylic oxidation sites excluding steroid dienone is 2. The summed E-state index contributed by atoms with van der Waals surface area (Å²) in [5, 5.41) is 5.56. The van der Waals surface area contributed by atoms with E-state index in [2.05, 4.69) is 51.1 Å². The van der Waals surface area contributed by atoms with Crippen LogP contribution in [0.2, 0.25) is 0 Å². The maximum atomic E-state index is 4.59. The van der Waals surface area contributed by atoms with Crippen molar-refractivity contribution in [2.45, 2.75) is 6.42 Å². The largest absolute Gasteiger partial charge is 0.345 e. The zero-order valence-electron chi connectivity index (χ0n) is 9.22. The standard InChI is InChI=1S/C14H11N3/c1-2-5-11-10(4-1)7-8-13-16-14-12(17(11)13)6-3-9-15-14/h1,3-9H,2H2,(H,15,16). The Kier molecular flexibility index (Phi) is 1.61. The molecular formula is C14H11N3. The molecule has 0 aromatic carbocycles. The molecule has 0 spiro atoms. The van der Waals surface area contributed by atoms with Crippen molar-refractivity contribution >= 4 is 29.7 Å². The lowest BCUT2D eigenvalue weighted by Gasteiger charge is -2.05. The fourth-order valence-electron chi connectivity index (χ4n) is 2.45. The van der Waals surface area contributed by atoms with Crippen LogP contribution in [0.5, 0.6) is 0 Å². The summed E-state index contributed by atoms with van der Waals surface area (Å²) in [4.78, 5) is 4.59. The van der Waals surface area contributed by atoms with Gasteiger partial charge in [0.05, 0.1) is 10.7 Å². The van der Waals surface area contributed by atoms with Crippen molar-refractivity contribution in [3.05, 3.63) is 46.7 Å². The Bertz CT molecular complexity index is 791. The lowest BCUT2D eigenvalue weighted by molar-refractivity contribution is 1.06. The molecule has 0 bridgehead atoms. The Hall–Kier alpha value is -2.29. The van der Waals surface area contributed by atoms with E-state index in [-0.39, 0.29) is 0 Å². The van der Waals surface area contributed by atoms with Gasteiger partial charge in [-0.15, -0.1) is 0 Å². The molecule has 3 nitrogen and oxygen atoms in total. The van der Waals surface area contributed by atoms with Crippen molar-refractivity contribution in [1.82, 2.24) is 9.38 Å². The Morgan fingerprint density at radius 2 is 2.24 bits per heavy atom. The minimum atomic E-state index is 0.934. The Balaban J connectivity index is 2.28. The van der Waals surface area contributed by atoms with Crippen molar-refractivity contribution in [3.63, 3.8) is 0 Å². The van der Waals surface area contributed by atoms with Crippen LogP contribution in [-0.4, -0.2) is 9.38 Å². The molecule has 0 atom stereocenters. The third kappa shape index (κ3) is 1.13. The number of nitrogens with zero attached hydrogens (tertiary/aromatic N) is 2. The Labute approximate surface area is 98.1 Å². The van der Waals surface area contributed by atoms with Gasteiger partial charge in [-0.05, 0) is 36.3 Å². The number of aromatic nitrogens is 2. The van der Waals surface area contributed by atoms with Crippen LogP contribution in [-0.2, 0) is 0 Å². The molecule has 0 saturated carbocycles. The van der Waals surface area contributed by atoms with Gasteiger partial charge in [0.25, 0.3) is 0 Å². The first-order valence-electron chi connectivity index (χ1n) is 5.75. The maximum Gasteiger partial charge on any atom is 0.156 e. The van der Waals surface area contributed by atoms with Gasteiger partial charge in [-0.2, -0.15) is 0 Å². The van der Waals surface area contributed by atoms with Crippen LogP contribution < -0.4 is 16.0 Å². The second-order valence-corrected chi connectivity index (χ2v) is 4.23. The summed E-state index contributed by atoms with van der Waals surface area (Å²) in [6.45, 7) is 0. The van der Waals surface area contributed by atoms with Crippen LogP contribution in [0.25, 0.3) is 23.9 Å². The van der Waals surface area contributed by atoms with Gasteiger partial charge in [0.1, 0.15) is 5.65 Å². The van der Waals surface area contributed by atoms with E-state index in [1.54, 1.807) is 0 Å². The molecule has 0 fully saturated rings. The van der Waals surface area contributed by atoms with Crippen LogP contribution >= 0.6 is 0 Å². The monoisotopic (exact) mass is 221 g/mol. The fourth-order valence-corrected chi connectivity index (χ4v) is 2.45. The van der Waals surface area contributed by atoms with Crippen molar-refractivity contribution in [2.75, 3.05) is 5.32 Å². The van der Waals surface area contributed by atoms with Crippen molar-refractivity contribution in [3.8, 4) is 0 Å². The van der Waals surface area contributed by atoms with E-state index in [9.17, 15) is 0 Å². The van der Waals surface area contributed by atoms with E-state index in [0.29, 0.717) is 0 Å². The number of hydrogen-bond acceptors (Lipinski definition) is 2. The number of rotatable bonds is 0. The average molecular weight is 221 g/mol. The Morgan fingerprint density at radius 3 is 3.24 bits per heavy atom. The van der Waals surface area contributed by atoms with Gasteiger partial charge >= 0.3 is 0 Å². The molecular weight excluding hydrogens is 210 g/mol. The zero-order chi connectivity index (χ0) is 11.2. The third-order valence-electron chi connectivity index (χ3n) is 3.20. The molecule has 1 N–H and O–H groups in total. The molecule has 0 unspecified atom stereocenters. The molecule has 1 aliphatic heterocycles. The number of nitrogens with one attached hydrogen (secondary N) is 1. The van der Waals surface area contributed by atoms with E-state index >= 15 is 0 Å². The summed E-state index contributed by atoms with van der Waals surface area (Å²) in [5.41, 5.74) is 2.25. The summed E-state index contributed by atoms with van der Waals surface area (Å²) in [6.07, 6.45) is 13.6. The summed E-state index contributed by atoms with van der Waals surface area (Å²) < 4.78 is 2.21. The summed E-state index contributed by atoms with van der Waals surface area (Å²) in [7, 11) is 0. The van der Waals surface area contributed by atoms with Gasteiger partial charge in [0.2, 0.25) is 0 Å². The normalized spacial score (nSPS) is 15.8. The van der Waals surface area contributed by atoms with Crippen molar-refractivity contribution < 1.29 is 0 Å². The van der Waals surface area contributed by atoms with Crippen LogP contribution in [0.1, 0.15) is 12.0 Å². The SMILES string of the molecule is C1=CNc2nc3ccc4c(n3c2=C1)=CCC=C4. The summed E-state index contributed by atoms with van der Waals surface area (Å²) in [5.74, 6) is 0.934. The highest BCUT2D eigenvalue weighted by Crippen LogP contribution is 2.09. The molecule has 2 aliphatic rings. The van der Waals surface area contributed by atoms with Gasteiger partial charge in [0, 0.05) is 6.20 Å². The van der Waals surface area contributed by atoms with Gasteiger partial charge in [-0.25, -0.2) is 4.98 Å². The third-order valence-corrected chi connectivity index (χ3v) is 3.20. The van der Waals surface area contributed by atoms with Gasteiger partial charge in [0.15, 0.2) is 5.82 Å². The topological polar surface area (TPSA) is 29.3 Å². The molecule has 17 heavy (non-hydrogen) atoms. The first-order chi connectivity index (χ1) is 8.43. The van der Waals surface area contributed by atoms with E-state index in [0.717, 1.165) is 23.2 Å². The van der Waals surface area contributed by atoms with Crippen LogP contribution in [0.15, 0.2) is 30.5 Å². The molecule has 0 saturated heterocycles. The first-order valence-corrected chi connectivity index (χ1v) is 5.75. The molecule has 2 aromatic heterocycles. The van der Waals surface area contributed by atoms with E-state index in [1.165, 1.54) is 10.9 Å². The van der Waals surface area contributed by atoms with Crippen LogP contribution in [0, 0.1) is 0 Å². The molecule has 82 valence electrons. The molecule has 0 radical (unpaired) electrons. The summed E-state index contributed by atoms with van der Waals surface area (Å²) in [6, 6.07) is 4.19. The van der Waals surface area contributed by atoms with Gasteiger partial charge < -0.3 is 5.32 Å². The number of fused-ring (bicyclic) bond motifs is 5. The second-order valence-electron chi connectivity index (χ2n) is 4.23. The average Bonchev–Trinajstić information content (AvgIpc) is 2.77. The molecule has 0 amide bonds. The van der Waals surface area contributed by atoms with Crippen LogP contribution in [0.3, 0.4) is 0 Å². The predicted octanol–water partition coefficient (Wildman–Crippen LogP) is 1.25. The maximum absolute atomic E-state index is 4.59. The molecule has 1 aliphatic carbocycles. The van der Waals surface area contributed by atoms with Gasteiger partial charge in [-0.1, -0.05) is 18.2 Å². The van der Waals surface area contributed by atoms with Crippen molar-refractivity contribution in [1.29, 1.82) is 0 Å². The minimum absolute atomic E-state index is 0.934. The van der Waals surface area contributed by atoms with E-state index < -0.39 is 0 Å². The number of pyridine rings is 1. The van der Waals surface area contributed by atoms with Crippen LogP contribution in [0.4, 0.5) is 5.82 Å². The van der Waals surface area contributed by atoms with E-state index in [4.69, 9.17) is 0 Å². The first kappa shape index (κ1) is 8.82. The van der Waals surface area contributed by atoms with Gasteiger partial charge in [-0.3, -0.25) is 4.40 Å². The lowest BCUT2D eigenvalue weighted by atomic mass is 10.1. The number of imidazole rings is 1. The lowest BCUT2D eigenvalue weighted by Crippen LogP contribution is -2.28. The highest BCUT2D eigenvalue weighted by atomic mass is 15.1. The highest BCUT2D eigenvalue weighted by molar-refractivity contribution is 5.64. The number of hydrogen-bond donors (Lipinski definition) is 1. The minimum Gasteiger partial charge on any atom is -0.345 e. The Morgan fingerprint density at radius 1 is 1.24 bits per heavy atom. The molecule has 3 heteroatoms. The van der Waals surface area contributed by atoms with Crippen molar-refractivity contribution in [2.24, 2.45) is 0 Å². The number of anilines is 1. The van der Waals surface area contributed by atoms with E-state index in [1.807, 2.05) is 12.3 Å². The fraction of sp³-hybridized carbons (Fsp3) is 0.0714. The smallest absolute Gasteiger partial charge is 0.156 e. The quantitative estimate of drug-likeness (QED) is 0.725. The molecule has 4 rings (SSSR count). The molecule has 3 heterocycles. The predicted molar refractivity (Wildman–Crippen MR) is 69.8 cm³/mol. The molecule has 2 aromatic rings. The zero-order valence-corrected chi connectivity index (χ0v) is 9.22. The second kappa shape index (κ2) is 3.10. The highest BCUT2D eigenvalue weighted by Gasteiger charge is 2.09.